The van der Waals surface area contributed by atoms with Gasteiger partial charge in [-0.05, 0) is 34.0 Å². The van der Waals surface area contributed by atoms with Crippen molar-refractivity contribution in [2.75, 3.05) is 5.32 Å². The van der Waals surface area contributed by atoms with E-state index in [1.807, 2.05) is 30.5 Å². The molecule has 0 aliphatic heterocycles. The average Bonchev–Trinajstić information content (AvgIpc) is 2.93. The van der Waals surface area contributed by atoms with E-state index in [9.17, 15) is 0 Å². The van der Waals surface area contributed by atoms with Crippen molar-refractivity contribution in [1.82, 2.24) is 14.8 Å². The third-order valence-corrected chi connectivity index (χ3v) is 5.54. The largest absolute Gasteiger partial charge is 0.363 e. The van der Waals surface area contributed by atoms with Crippen molar-refractivity contribution < 1.29 is 0 Å². The molecule has 5 heteroatoms. The van der Waals surface area contributed by atoms with Crippen molar-refractivity contribution in [2.24, 2.45) is 0 Å². The third kappa shape index (κ3) is 3.22. The van der Waals surface area contributed by atoms with Crippen LogP contribution in [0.15, 0.2) is 71.3 Å². The summed E-state index contributed by atoms with van der Waals surface area (Å²) in [4.78, 5) is 0. The minimum Gasteiger partial charge on any atom is -0.363 e. The predicted octanol–water partition coefficient (Wildman–Crippen LogP) is 5.16. The van der Waals surface area contributed by atoms with Crippen molar-refractivity contribution in [3.63, 3.8) is 0 Å². The Balaban J connectivity index is 1.75. The lowest BCUT2D eigenvalue weighted by atomic mass is 10.2. The molecule has 26 heavy (non-hydrogen) atoms. The van der Waals surface area contributed by atoms with Gasteiger partial charge in [0, 0.05) is 28.6 Å². The van der Waals surface area contributed by atoms with Crippen molar-refractivity contribution in [3.8, 4) is 0 Å². The number of benzene rings is 2. The van der Waals surface area contributed by atoms with E-state index in [0.29, 0.717) is 6.54 Å². The Labute approximate surface area is 161 Å². The van der Waals surface area contributed by atoms with Gasteiger partial charge in [0.25, 0.3) is 0 Å². The SMILES string of the molecule is Cc1c(Br)c2cnnc(NCc3ccccc3)c2n1Cc1ccccc1. The van der Waals surface area contributed by atoms with Crippen LogP contribution in [0.1, 0.15) is 16.8 Å². The summed E-state index contributed by atoms with van der Waals surface area (Å²) in [5.41, 5.74) is 4.71. The van der Waals surface area contributed by atoms with Gasteiger partial charge < -0.3 is 9.88 Å². The number of hydrogen-bond donors (Lipinski definition) is 1. The summed E-state index contributed by atoms with van der Waals surface area (Å²) in [6, 6.07) is 20.8. The molecule has 0 radical (unpaired) electrons. The first-order valence-electron chi connectivity index (χ1n) is 8.55. The quantitative estimate of drug-likeness (QED) is 0.497. The van der Waals surface area contributed by atoms with Gasteiger partial charge in [-0.15, -0.1) is 5.10 Å². The lowest BCUT2D eigenvalue weighted by Crippen LogP contribution is -2.07. The van der Waals surface area contributed by atoms with Crippen LogP contribution in [0.4, 0.5) is 5.82 Å². The molecule has 2 heterocycles. The maximum Gasteiger partial charge on any atom is 0.173 e. The zero-order valence-corrected chi connectivity index (χ0v) is 16.1. The highest BCUT2D eigenvalue weighted by atomic mass is 79.9. The van der Waals surface area contributed by atoms with Gasteiger partial charge in [0.15, 0.2) is 5.82 Å². The minimum absolute atomic E-state index is 0.710. The molecule has 0 aliphatic rings. The molecule has 0 saturated carbocycles. The summed E-state index contributed by atoms with van der Waals surface area (Å²) in [6.07, 6.45) is 1.82. The number of halogens is 1. The molecular formula is C21H19BrN4. The van der Waals surface area contributed by atoms with E-state index in [0.717, 1.165) is 27.7 Å². The van der Waals surface area contributed by atoms with Crippen LogP contribution >= 0.6 is 15.9 Å². The summed E-state index contributed by atoms with van der Waals surface area (Å²) < 4.78 is 3.36. The molecule has 0 amide bonds. The highest BCUT2D eigenvalue weighted by Crippen LogP contribution is 2.34. The van der Waals surface area contributed by atoms with E-state index in [2.05, 4.69) is 79.3 Å². The van der Waals surface area contributed by atoms with Crippen LogP contribution in [-0.2, 0) is 13.1 Å². The van der Waals surface area contributed by atoms with E-state index < -0.39 is 0 Å². The Morgan fingerprint density at radius 1 is 0.962 bits per heavy atom. The molecule has 0 bridgehead atoms. The second kappa shape index (κ2) is 7.30. The standard InChI is InChI=1S/C21H19BrN4/c1-15-19(22)18-13-24-25-21(23-12-16-8-4-2-5-9-16)20(18)26(15)14-17-10-6-3-7-11-17/h2-11,13H,12,14H2,1H3,(H,23,25). The molecule has 1 N–H and O–H groups in total. The van der Waals surface area contributed by atoms with Gasteiger partial charge in [-0.3, -0.25) is 0 Å². The van der Waals surface area contributed by atoms with Gasteiger partial charge in [0.05, 0.1) is 11.7 Å². The Bertz CT molecular complexity index is 1030. The molecule has 0 fully saturated rings. The van der Waals surface area contributed by atoms with Crippen LogP contribution in [0.2, 0.25) is 0 Å². The molecule has 0 aliphatic carbocycles. The normalized spacial score (nSPS) is 11.0. The van der Waals surface area contributed by atoms with E-state index in [4.69, 9.17) is 0 Å². The summed E-state index contributed by atoms with van der Waals surface area (Å²) in [5, 5.41) is 13.1. The Kier molecular flexibility index (Phi) is 4.71. The molecule has 0 spiro atoms. The van der Waals surface area contributed by atoms with Crippen LogP contribution < -0.4 is 5.32 Å². The highest BCUT2D eigenvalue weighted by molar-refractivity contribution is 9.10. The van der Waals surface area contributed by atoms with Gasteiger partial charge in [0.2, 0.25) is 0 Å². The zero-order valence-electron chi connectivity index (χ0n) is 14.5. The molecule has 4 aromatic rings. The molecule has 4 rings (SSSR count). The first-order valence-corrected chi connectivity index (χ1v) is 9.35. The molecule has 4 nitrogen and oxygen atoms in total. The Hall–Kier alpha value is -2.66. The molecule has 0 atom stereocenters. The number of fused-ring (bicyclic) bond motifs is 1. The van der Waals surface area contributed by atoms with Crippen LogP contribution in [0.5, 0.6) is 0 Å². The van der Waals surface area contributed by atoms with E-state index in [1.165, 1.54) is 16.8 Å². The first kappa shape index (κ1) is 16.8. The topological polar surface area (TPSA) is 42.7 Å². The lowest BCUT2D eigenvalue weighted by Gasteiger charge is -2.12. The number of anilines is 1. The van der Waals surface area contributed by atoms with Gasteiger partial charge in [-0.1, -0.05) is 60.7 Å². The molecule has 0 unspecified atom stereocenters. The van der Waals surface area contributed by atoms with Crippen molar-refractivity contribution in [2.45, 2.75) is 20.0 Å². The Morgan fingerprint density at radius 3 is 2.31 bits per heavy atom. The molecule has 130 valence electrons. The van der Waals surface area contributed by atoms with Crippen molar-refractivity contribution in [3.05, 3.63) is 88.2 Å². The third-order valence-electron chi connectivity index (χ3n) is 4.54. The zero-order chi connectivity index (χ0) is 17.9. The fourth-order valence-corrected chi connectivity index (χ4v) is 3.66. The summed E-state index contributed by atoms with van der Waals surface area (Å²) in [5.74, 6) is 0.802. The second-order valence-corrected chi connectivity index (χ2v) is 7.06. The van der Waals surface area contributed by atoms with Crippen LogP contribution in [0.3, 0.4) is 0 Å². The molecule has 2 aromatic heterocycles. The van der Waals surface area contributed by atoms with Crippen molar-refractivity contribution >= 4 is 32.7 Å². The fraction of sp³-hybridized carbons (Fsp3) is 0.143. The summed E-state index contributed by atoms with van der Waals surface area (Å²) in [7, 11) is 0. The highest BCUT2D eigenvalue weighted by Gasteiger charge is 2.17. The number of nitrogens with one attached hydrogen (secondary N) is 1. The van der Waals surface area contributed by atoms with Gasteiger partial charge >= 0.3 is 0 Å². The first-order chi connectivity index (χ1) is 12.7. The van der Waals surface area contributed by atoms with E-state index >= 15 is 0 Å². The lowest BCUT2D eigenvalue weighted by molar-refractivity contribution is 0.799. The summed E-state index contributed by atoms with van der Waals surface area (Å²) in [6.45, 7) is 3.62. The second-order valence-electron chi connectivity index (χ2n) is 6.27. The van der Waals surface area contributed by atoms with Gasteiger partial charge in [-0.25, -0.2) is 0 Å². The predicted molar refractivity (Wildman–Crippen MR) is 109 cm³/mol. The van der Waals surface area contributed by atoms with E-state index in [-0.39, 0.29) is 0 Å². The number of hydrogen-bond acceptors (Lipinski definition) is 3. The number of aromatic nitrogens is 3. The Morgan fingerprint density at radius 2 is 1.62 bits per heavy atom. The number of nitrogens with zero attached hydrogens (tertiary/aromatic N) is 3. The molecule has 0 saturated heterocycles. The van der Waals surface area contributed by atoms with Gasteiger partial charge in [-0.2, -0.15) is 5.10 Å². The molecule has 2 aromatic carbocycles. The maximum absolute atomic E-state index is 4.38. The minimum atomic E-state index is 0.710. The number of rotatable bonds is 5. The average molecular weight is 407 g/mol. The van der Waals surface area contributed by atoms with Crippen LogP contribution in [0, 0.1) is 6.92 Å². The molecular weight excluding hydrogens is 388 g/mol. The van der Waals surface area contributed by atoms with Crippen molar-refractivity contribution in [1.29, 1.82) is 0 Å². The van der Waals surface area contributed by atoms with Gasteiger partial charge in [0.1, 0.15) is 0 Å². The fourth-order valence-electron chi connectivity index (χ4n) is 3.16. The van der Waals surface area contributed by atoms with E-state index in [1.54, 1.807) is 0 Å². The summed E-state index contributed by atoms with van der Waals surface area (Å²) >= 11 is 3.73. The smallest absolute Gasteiger partial charge is 0.173 e. The maximum atomic E-state index is 4.38. The van der Waals surface area contributed by atoms with Crippen LogP contribution in [-0.4, -0.2) is 14.8 Å². The van der Waals surface area contributed by atoms with Crippen LogP contribution in [0.25, 0.3) is 10.9 Å². The monoisotopic (exact) mass is 406 g/mol.